The topological polar surface area (TPSA) is 138 Å². The molecule has 3 heterocycles. The van der Waals surface area contributed by atoms with E-state index in [9.17, 15) is 14.4 Å². The van der Waals surface area contributed by atoms with Gasteiger partial charge in [0.1, 0.15) is 48.1 Å². The van der Waals surface area contributed by atoms with Crippen molar-refractivity contribution in [3.63, 3.8) is 0 Å². The molecule has 2 saturated heterocycles. The summed E-state index contributed by atoms with van der Waals surface area (Å²) in [6, 6.07) is 54.7. The van der Waals surface area contributed by atoms with Crippen LogP contribution in [0, 0.1) is 0 Å². The Kier molecular flexibility index (Phi) is 18.3. The van der Waals surface area contributed by atoms with E-state index in [4.69, 9.17) is 42.6 Å². The van der Waals surface area contributed by atoms with E-state index in [0.29, 0.717) is 12.4 Å². The molecule has 9 rings (SSSR count). The van der Waals surface area contributed by atoms with Crippen LogP contribution in [-0.2, 0) is 80.5 Å². The summed E-state index contributed by atoms with van der Waals surface area (Å²) in [5.74, 6) is -1.10. The molecular weight excluding hydrogens is 947 g/mol. The van der Waals surface area contributed by atoms with Crippen LogP contribution in [0.5, 0.6) is 0 Å². The van der Waals surface area contributed by atoms with Crippen LogP contribution in [0.2, 0.25) is 0 Å². The fourth-order valence-electron chi connectivity index (χ4n) is 9.44. The van der Waals surface area contributed by atoms with Crippen LogP contribution >= 0.6 is 11.8 Å². The summed E-state index contributed by atoms with van der Waals surface area (Å²) in [6.07, 6.45) is -7.40. The Balaban J connectivity index is 1.07. The highest BCUT2D eigenvalue weighted by molar-refractivity contribution is 7.99. The van der Waals surface area contributed by atoms with E-state index in [1.54, 1.807) is 24.3 Å². The van der Waals surface area contributed by atoms with Gasteiger partial charge in [-0.2, -0.15) is 0 Å². The van der Waals surface area contributed by atoms with Crippen LogP contribution < -0.4 is 0 Å². The van der Waals surface area contributed by atoms with Gasteiger partial charge in [-0.3, -0.25) is 19.3 Å². The van der Waals surface area contributed by atoms with Crippen molar-refractivity contribution in [2.45, 2.75) is 107 Å². The molecule has 14 heteroatoms. The predicted molar refractivity (Wildman–Crippen MR) is 274 cm³/mol. The van der Waals surface area contributed by atoms with Crippen LogP contribution in [0.25, 0.3) is 0 Å². The number of carbonyl (C=O) groups is 3. The molecule has 0 saturated carbocycles. The van der Waals surface area contributed by atoms with Crippen LogP contribution in [-0.4, -0.2) is 102 Å². The Morgan fingerprint density at radius 2 is 0.877 bits per heavy atom. The SMILES string of the molecule is CCS[C@@H]1O[C@H](CO[C@@H]2O[C@H](COCc3ccccc3)[C@@H](OCc3ccccc3)[C@H](OCc3ccccc3)[C@H]2OCc2ccccc2)[C@@H](OCc2ccccc2)[C@H](OC(C)=O)[C@H]1N1C(=O)c2ccccc2C1=O. The highest BCUT2D eigenvalue weighted by Crippen LogP contribution is 2.40. The molecule has 0 bridgehead atoms. The largest absolute Gasteiger partial charge is 0.457 e. The van der Waals surface area contributed by atoms with E-state index in [2.05, 4.69) is 0 Å². The minimum atomic E-state index is -1.18. The second kappa shape index (κ2) is 25.8. The smallest absolute Gasteiger partial charge is 0.303 e. The summed E-state index contributed by atoms with van der Waals surface area (Å²) < 4.78 is 61.2. The molecule has 2 fully saturated rings. The van der Waals surface area contributed by atoms with Gasteiger partial charge < -0.3 is 42.6 Å². The van der Waals surface area contributed by atoms with Gasteiger partial charge >= 0.3 is 5.97 Å². The quantitative estimate of drug-likeness (QED) is 0.0446. The van der Waals surface area contributed by atoms with Crippen molar-refractivity contribution in [1.82, 2.24) is 4.90 Å². The number of carbonyl (C=O) groups excluding carboxylic acids is 3. The summed E-state index contributed by atoms with van der Waals surface area (Å²) in [4.78, 5) is 43.0. The maximum Gasteiger partial charge on any atom is 0.303 e. The van der Waals surface area contributed by atoms with Crippen molar-refractivity contribution in [2.24, 2.45) is 0 Å². The molecule has 0 radical (unpaired) electrons. The Morgan fingerprint density at radius 3 is 1.33 bits per heavy atom. The number of ether oxygens (including phenoxy) is 9. The van der Waals surface area contributed by atoms with Crippen molar-refractivity contribution in [3.8, 4) is 0 Å². The van der Waals surface area contributed by atoms with Crippen molar-refractivity contribution < 1.29 is 57.0 Å². The van der Waals surface area contributed by atoms with Crippen molar-refractivity contribution in [1.29, 1.82) is 0 Å². The standard InChI is InChI=1S/C59H61NO12S/c1-3-73-59-50(60-56(62)46-31-19-20-32-47(46)57(60)63)53(70-40(2)61)51(65-34-42-23-11-5-12-24-42)49(72-59)39-69-58-55(68-37-45-29-17-8-18-30-45)54(67-36-44-27-15-7-16-28-44)52(66-35-43-25-13-6-14-26-43)48(71-58)38-64-33-41-21-9-4-10-22-41/h4-32,48-55,58-59H,3,33-39H2,1-2H3/t48-,49-,50-,51-,52-,53-,54+,55-,58-,59+/m1/s1. The van der Waals surface area contributed by atoms with E-state index < -0.39 is 78.3 Å². The van der Waals surface area contributed by atoms with Gasteiger partial charge in [0.25, 0.3) is 11.8 Å². The van der Waals surface area contributed by atoms with E-state index >= 15 is 0 Å². The Morgan fingerprint density at radius 1 is 0.479 bits per heavy atom. The summed E-state index contributed by atoms with van der Waals surface area (Å²) in [5.41, 5.74) is 4.32. The van der Waals surface area contributed by atoms with Crippen molar-refractivity contribution >= 4 is 29.5 Å². The second-order valence-corrected chi connectivity index (χ2v) is 19.4. The zero-order valence-corrected chi connectivity index (χ0v) is 41.7. The zero-order valence-electron chi connectivity index (χ0n) is 40.9. The molecule has 6 aromatic rings. The Bertz CT molecular complexity index is 2630. The average molecular weight is 1010 g/mol. The first-order valence-electron chi connectivity index (χ1n) is 24.8. The molecule has 13 nitrogen and oxygen atoms in total. The third-order valence-electron chi connectivity index (χ3n) is 12.9. The number of amides is 2. The molecule has 2 amide bonds. The number of nitrogens with zero attached hydrogens (tertiary/aromatic N) is 1. The van der Waals surface area contributed by atoms with E-state index in [-0.39, 0.29) is 50.8 Å². The van der Waals surface area contributed by atoms with Crippen LogP contribution in [0.15, 0.2) is 176 Å². The number of benzene rings is 6. The third kappa shape index (κ3) is 13.2. The van der Waals surface area contributed by atoms with Gasteiger partial charge in [-0.1, -0.05) is 171 Å². The highest BCUT2D eigenvalue weighted by atomic mass is 32.2. The molecule has 10 atom stereocenters. The molecule has 0 spiro atoms. The van der Waals surface area contributed by atoms with Crippen LogP contribution in [0.1, 0.15) is 62.4 Å². The molecule has 6 aromatic carbocycles. The number of thioether (sulfide) groups is 1. The summed E-state index contributed by atoms with van der Waals surface area (Å²) >= 11 is 1.39. The lowest BCUT2D eigenvalue weighted by molar-refractivity contribution is -0.335. The van der Waals surface area contributed by atoms with Gasteiger partial charge in [0.15, 0.2) is 12.4 Å². The molecule has 0 N–H and O–H groups in total. The number of rotatable bonds is 23. The van der Waals surface area contributed by atoms with Crippen LogP contribution in [0.3, 0.4) is 0 Å². The molecule has 380 valence electrons. The summed E-state index contributed by atoms with van der Waals surface area (Å²) in [6.45, 7) is 4.27. The first-order valence-corrected chi connectivity index (χ1v) is 25.8. The lowest BCUT2D eigenvalue weighted by Gasteiger charge is -2.49. The third-order valence-corrected chi connectivity index (χ3v) is 14.0. The van der Waals surface area contributed by atoms with Gasteiger partial charge in [-0.05, 0) is 45.7 Å². The zero-order chi connectivity index (χ0) is 50.4. The second-order valence-electron chi connectivity index (χ2n) is 18.0. The van der Waals surface area contributed by atoms with Gasteiger partial charge in [-0.15, -0.1) is 11.8 Å². The Hall–Kier alpha value is -6.04. The number of hydrogen-bond donors (Lipinski definition) is 0. The van der Waals surface area contributed by atoms with Crippen LogP contribution in [0.4, 0.5) is 0 Å². The minimum Gasteiger partial charge on any atom is -0.457 e. The summed E-state index contributed by atoms with van der Waals surface area (Å²) in [5, 5.41) is 0. The van der Waals surface area contributed by atoms with Gasteiger partial charge in [0.2, 0.25) is 0 Å². The molecule has 0 unspecified atom stereocenters. The lowest BCUT2D eigenvalue weighted by Crippen LogP contribution is -2.66. The fraction of sp³-hybridized carbons (Fsp3) is 0.339. The minimum absolute atomic E-state index is 0.0863. The summed E-state index contributed by atoms with van der Waals surface area (Å²) in [7, 11) is 0. The van der Waals surface area contributed by atoms with E-state index in [0.717, 1.165) is 27.8 Å². The molecule has 3 aliphatic heterocycles. The molecule has 73 heavy (non-hydrogen) atoms. The maximum absolute atomic E-state index is 14.3. The first-order chi connectivity index (χ1) is 35.8. The van der Waals surface area contributed by atoms with Gasteiger partial charge in [0, 0.05) is 6.92 Å². The number of esters is 1. The van der Waals surface area contributed by atoms with Gasteiger partial charge in [-0.25, -0.2) is 0 Å². The number of fused-ring (bicyclic) bond motifs is 1. The molecule has 3 aliphatic rings. The molecule has 0 aliphatic carbocycles. The average Bonchev–Trinajstić information content (AvgIpc) is 3.67. The molecular formula is C59H61NO12S. The van der Waals surface area contributed by atoms with Crippen molar-refractivity contribution in [3.05, 3.63) is 215 Å². The van der Waals surface area contributed by atoms with E-state index in [1.165, 1.54) is 23.6 Å². The normalized spacial score (nSPS) is 24.8. The van der Waals surface area contributed by atoms with Crippen molar-refractivity contribution in [2.75, 3.05) is 19.0 Å². The lowest BCUT2D eigenvalue weighted by atomic mass is 9.95. The molecule has 0 aromatic heterocycles. The highest BCUT2D eigenvalue weighted by Gasteiger charge is 2.57. The van der Waals surface area contributed by atoms with E-state index in [1.807, 2.05) is 159 Å². The maximum atomic E-state index is 14.3. The monoisotopic (exact) mass is 1010 g/mol. The first kappa shape index (κ1) is 51.8. The fourth-order valence-corrected chi connectivity index (χ4v) is 10.5. The Labute approximate surface area is 430 Å². The van der Waals surface area contributed by atoms with Gasteiger partial charge in [0.05, 0.1) is 57.4 Å². The predicted octanol–water partition coefficient (Wildman–Crippen LogP) is 9.36. The number of hydrogen-bond acceptors (Lipinski definition) is 13. The number of imide groups is 1.